The lowest BCUT2D eigenvalue weighted by molar-refractivity contribution is -0.405. The summed E-state index contributed by atoms with van der Waals surface area (Å²) in [6, 6.07) is 0. The van der Waals surface area contributed by atoms with Gasteiger partial charge in [-0.15, -0.1) is 0 Å². The van der Waals surface area contributed by atoms with Crippen molar-refractivity contribution in [1.29, 1.82) is 0 Å². The molecule has 19 N–H and O–H groups in total. The molecule has 0 amide bonds. The van der Waals surface area contributed by atoms with Crippen molar-refractivity contribution in [3.8, 4) is 0 Å². The fraction of sp³-hybridized carbons (Fsp3) is 0.950. The lowest BCUT2D eigenvalue weighted by Crippen LogP contribution is -2.70. The third kappa shape index (κ3) is 11.6. The zero-order valence-corrected chi connectivity index (χ0v) is 51.5. The molecule has 0 aromatic heterocycles. The maximum Gasteiger partial charge on any atom is 0.317 e. The van der Waals surface area contributed by atoms with Gasteiger partial charge in [-0.1, -0.05) is 53.2 Å². The van der Waals surface area contributed by atoms with Gasteiger partial charge in [0.15, 0.2) is 25.2 Å². The van der Waals surface area contributed by atoms with E-state index in [0.717, 1.165) is 5.57 Å². The molecule has 0 aromatic carbocycles. The molecule has 0 unspecified atom stereocenters. The summed E-state index contributed by atoms with van der Waals surface area (Å²) in [5, 5.41) is 208. The van der Waals surface area contributed by atoms with Crippen LogP contribution in [-0.4, -0.2) is 308 Å². The molecule has 5 aliphatic carbocycles. The summed E-state index contributed by atoms with van der Waals surface area (Å²) in [6.07, 6.45) is -42.5. The Morgan fingerprint density at radius 3 is 1.44 bits per heavy atom. The van der Waals surface area contributed by atoms with Gasteiger partial charge in [0.25, 0.3) is 0 Å². The number of aliphatic hydroxyl groups excluding tert-OH is 19. The van der Waals surface area contributed by atoms with E-state index in [9.17, 15) is 102 Å². The first-order valence-electron chi connectivity index (χ1n) is 31.6. The van der Waals surface area contributed by atoms with Crippen molar-refractivity contribution in [3.63, 3.8) is 0 Å². The number of ether oxygens (including phenoxy) is 10. The van der Waals surface area contributed by atoms with Gasteiger partial charge in [-0.25, -0.2) is 0 Å². The molecule has 0 aromatic rings. The maximum atomic E-state index is 14.9. The first-order valence-corrected chi connectivity index (χ1v) is 31.6. The summed E-state index contributed by atoms with van der Waals surface area (Å²) in [4.78, 5) is 14.9. The highest BCUT2D eigenvalue weighted by Crippen LogP contribution is 2.76. The molecular formula is C60H98O30. The van der Waals surface area contributed by atoms with Crippen molar-refractivity contribution >= 4 is 5.97 Å². The van der Waals surface area contributed by atoms with Crippen LogP contribution < -0.4 is 0 Å². The van der Waals surface area contributed by atoms with Crippen molar-refractivity contribution in [3.05, 3.63) is 11.6 Å². The van der Waals surface area contributed by atoms with Crippen molar-refractivity contribution < 1.29 is 149 Å². The fourth-order valence-electron chi connectivity index (χ4n) is 18.1. The molecule has 35 atom stereocenters. The average molecular weight is 1300 g/mol. The van der Waals surface area contributed by atoms with Crippen LogP contribution in [0.1, 0.15) is 99.3 Å². The molecule has 518 valence electrons. The zero-order valence-electron chi connectivity index (χ0n) is 51.5. The molecule has 30 heteroatoms. The van der Waals surface area contributed by atoms with Crippen molar-refractivity contribution in [2.45, 2.75) is 265 Å². The van der Waals surface area contributed by atoms with Crippen LogP contribution in [0.5, 0.6) is 0 Å². The molecular weight excluding hydrogens is 1200 g/mol. The highest BCUT2D eigenvalue weighted by molar-refractivity contribution is 5.80. The summed E-state index contributed by atoms with van der Waals surface area (Å²) < 4.78 is 60.4. The Labute approximate surface area is 520 Å². The Hall–Kier alpha value is -1.91. The van der Waals surface area contributed by atoms with Crippen molar-refractivity contribution in [2.24, 2.45) is 50.2 Å². The number of aliphatic hydroxyl groups is 19. The normalized spacial score (nSPS) is 54.5. The monoisotopic (exact) mass is 1300 g/mol. The summed E-state index contributed by atoms with van der Waals surface area (Å²) in [5.41, 5.74) is -3.80. The lowest BCUT2D eigenvalue weighted by Gasteiger charge is -2.72. The van der Waals surface area contributed by atoms with E-state index in [4.69, 9.17) is 47.4 Å². The van der Waals surface area contributed by atoms with Gasteiger partial charge in [-0.05, 0) is 97.2 Å². The van der Waals surface area contributed by atoms with E-state index >= 15 is 0 Å². The minimum atomic E-state index is -2.17. The summed E-state index contributed by atoms with van der Waals surface area (Å²) in [7, 11) is 0. The molecule has 10 rings (SSSR count). The molecule has 0 radical (unpaired) electrons. The Morgan fingerprint density at radius 1 is 0.467 bits per heavy atom. The summed E-state index contributed by atoms with van der Waals surface area (Å²) in [5.74, 6) is -1.81. The second-order valence-corrected chi connectivity index (χ2v) is 29.0. The topological polar surface area (TPSA) is 494 Å². The minimum absolute atomic E-state index is 0.113. The van der Waals surface area contributed by atoms with Crippen LogP contribution in [0, 0.1) is 50.2 Å². The van der Waals surface area contributed by atoms with E-state index < -0.39 is 244 Å². The van der Waals surface area contributed by atoms with Gasteiger partial charge in [0, 0.05) is 5.41 Å². The van der Waals surface area contributed by atoms with Gasteiger partial charge in [0.05, 0.1) is 51.8 Å². The SMILES string of the molecule is CC1(C)CC[C@]2(C(=O)O[C@@H]3O[C@H](CO)[C@@H](O)[C@H](O)[C@H]3O)[C@H](O)C[C@]3(C)C(=CC[C@@H]4[C@@]5(C)CC[C@H](O[C@@H]6O[C@H](CO)[C@@H](O)[C@H](O[C@@H]7O[C@H](CO)[C@@H](O)[C@H](O[C@@H]8O[C@H](CO)[C@@H](O)[C@H](O)[C@H]8O)[C@H]7O)[C@H]6O[C@@H]6O[C@H](CO)[C@@H](O)[C@H](O)[C@H]6O)[C@@](C)(CO)[C@@H]5CC[C@]43C)[C@@H]2C1. The minimum Gasteiger partial charge on any atom is -0.432 e. The van der Waals surface area contributed by atoms with Crippen LogP contribution in [0.2, 0.25) is 0 Å². The van der Waals surface area contributed by atoms with Gasteiger partial charge in [0.1, 0.15) is 127 Å². The second-order valence-electron chi connectivity index (χ2n) is 29.0. The number of esters is 1. The molecule has 0 bridgehead atoms. The number of hydrogen-bond donors (Lipinski definition) is 19. The third-order valence-corrected chi connectivity index (χ3v) is 23.7. The second kappa shape index (κ2) is 26.5. The van der Waals surface area contributed by atoms with Gasteiger partial charge < -0.3 is 144 Å². The molecule has 5 aliphatic heterocycles. The molecule has 90 heavy (non-hydrogen) atoms. The molecule has 30 nitrogen and oxygen atoms in total. The number of allylic oxidation sites excluding steroid dienone is 2. The van der Waals surface area contributed by atoms with Crippen molar-refractivity contribution in [2.75, 3.05) is 39.6 Å². The van der Waals surface area contributed by atoms with Crippen LogP contribution in [0.25, 0.3) is 0 Å². The highest BCUT2D eigenvalue weighted by Gasteiger charge is 2.73. The van der Waals surface area contributed by atoms with E-state index in [1.54, 1.807) is 0 Å². The number of rotatable bonds is 16. The van der Waals surface area contributed by atoms with Gasteiger partial charge in [0.2, 0.25) is 6.29 Å². The number of hydrogen-bond acceptors (Lipinski definition) is 30. The summed E-state index contributed by atoms with van der Waals surface area (Å²) in [6.45, 7) is 7.77. The Kier molecular flexibility index (Phi) is 20.9. The standard InChI is InChI=1S/C60H98O30/c1-55(2)13-14-60(54(80)90-51-44(78)41(75)36(70)27(19-63)83-51)24(15-55)23-7-8-31-56(3)11-10-33(57(4,22-66)30(56)9-12-58(31,5)59(23,6)16-32(60)67)86-53-48(89-50-43(77)40(74)35(69)26(18-62)82-50)47(38(72)29(21-65)85-53)88-52-45(79)46(37(71)28(20-64)84-52)87-49-42(76)39(73)34(68)25(17-61)81-49/h7,24-53,61-79H,8-22H2,1-6H3/t24-,25+,26+,27+,28+,29+,30+,31+,32+,33-,34+,35+,36+,37+,38+,39-,40-,41-,42+,43+,44+,45+,46-,47-,48+,49-,50-,51-,52-,53-,56-,57-,58+,59+,60+/m0/s1. The first kappa shape index (κ1) is 70.9. The van der Waals surface area contributed by atoms with Gasteiger partial charge in [-0.2, -0.15) is 0 Å². The van der Waals surface area contributed by atoms with Crippen LogP contribution >= 0.6 is 0 Å². The van der Waals surface area contributed by atoms with E-state index in [-0.39, 0.29) is 36.5 Å². The van der Waals surface area contributed by atoms with E-state index in [2.05, 4.69) is 40.7 Å². The molecule has 5 heterocycles. The van der Waals surface area contributed by atoms with Crippen LogP contribution in [-0.2, 0) is 52.2 Å². The quantitative estimate of drug-likeness (QED) is 0.0388. The highest BCUT2D eigenvalue weighted by atomic mass is 16.8. The number of fused-ring (bicyclic) bond motifs is 7. The molecule has 10 aliphatic rings. The van der Waals surface area contributed by atoms with Crippen LogP contribution in [0.15, 0.2) is 11.6 Å². The number of carbonyl (C=O) groups is 1. The van der Waals surface area contributed by atoms with Crippen LogP contribution in [0.3, 0.4) is 0 Å². The Balaban J connectivity index is 0.948. The smallest absolute Gasteiger partial charge is 0.317 e. The van der Waals surface area contributed by atoms with E-state index in [1.165, 1.54) is 0 Å². The van der Waals surface area contributed by atoms with Gasteiger partial charge >= 0.3 is 5.97 Å². The predicted octanol–water partition coefficient (Wildman–Crippen LogP) is -6.27. The largest absolute Gasteiger partial charge is 0.432 e. The molecule has 0 spiro atoms. The van der Waals surface area contributed by atoms with Crippen LogP contribution in [0.4, 0.5) is 0 Å². The zero-order chi connectivity index (χ0) is 65.9. The maximum absolute atomic E-state index is 14.9. The third-order valence-electron chi connectivity index (χ3n) is 23.7. The summed E-state index contributed by atoms with van der Waals surface area (Å²) >= 11 is 0. The lowest BCUT2D eigenvalue weighted by atomic mass is 9.33. The first-order chi connectivity index (χ1) is 42.3. The molecule has 4 saturated carbocycles. The van der Waals surface area contributed by atoms with Gasteiger partial charge in [-0.3, -0.25) is 4.79 Å². The Morgan fingerprint density at radius 2 is 0.922 bits per heavy atom. The van der Waals surface area contributed by atoms with E-state index in [1.807, 2.05) is 6.92 Å². The number of carbonyl (C=O) groups excluding carboxylic acids is 1. The fourth-order valence-corrected chi connectivity index (χ4v) is 18.1. The van der Waals surface area contributed by atoms with Crippen molar-refractivity contribution in [1.82, 2.24) is 0 Å². The Bertz CT molecular complexity index is 2490. The van der Waals surface area contributed by atoms with E-state index in [0.29, 0.717) is 38.5 Å². The molecule has 5 saturated heterocycles. The average Bonchev–Trinajstić information content (AvgIpc) is 0.673. The predicted molar refractivity (Wildman–Crippen MR) is 298 cm³/mol. The molecule has 9 fully saturated rings.